The molecule has 1 heterocycles. The molecular weight excluding hydrogens is 310 g/mol. The summed E-state index contributed by atoms with van der Waals surface area (Å²) in [6, 6.07) is 7.29. The van der Waals surface area contributed by atoms with Gasteiger partial charge in [-0.1, -0.05) is 18.2 Å². The predicted octanol–water partition coefficient (Wildman–Crippen LogP) is -0.149. The van der Waals surface area contributed by atoms with Crippen molar-refractivity contribution in [2.45, 2.75) is 18.5 Å². The Hall–Kier alpha value is -2.12. The first-order chi connectivity index (χ1) is 10.0. The average molecular weight is 328 g/mol. The Morgan fingerprint density at radius 2 is 1.91 bits per heavy atom. The Kier molecular flexibility index (Phi) is 6.33. The van der Waals surface area contributed by atoms with Crippen LogP contribution in [0.15, 0.2) is 30.3 Å². The van der Waals surface area contributed by atoms with Gasteiger partial charge in [-0.15, -0.1) is 12.4 Å². The number of carbonyl (C=O) groups excluding carboxylic acids is 2. The molecule has 1 aromatic rings. The van der Waals surface area contributed by atoms with E-state index in [4.69, 9.17) is 10.8 Å². The van der Waals surface area contributed by atoms with E-state index in [0.717, 1.165) is 0 Å². The van der Waals surface area contributed by atoms with Gasteiger partial charge in [0.25, 0.3) is 5.91 Å². The highest BCUT2D eigenvalue weighted by atomic mass is 35.5. The SMILES string of the molecule is Cl.NCC(=O)N1CC(NC(=O)c2ccccc2)C[C@H]1C(=O)O. The number of rotatable bonds is 4. The van der Waals surface area contributed by atoms with E-state index in [1.165, 1.54) is 4.90 Å². The van der Waals surface area contributed by atoms with Crippen LogP contribution in [0.4, 0.5) is 0 Å². The molecule has 1 aliphatic rings. The molecule has 1 aliphatic heterocycles. The maximum absolute atomic E-state index is 12.0. The molecule has 0 bridgehead atoms. The van der Waals surface area contributed by atoms with Gasteiger partial charge in [0.1, 0.15) is 6.04 Å². The van der Waals surface area contributed by atoms with Crippen molar-refractivity contribution in [1.82, 2.24) is 10.2 Å². The smallest absolute Gasteiger partial charge is 0.326 e. The number of halogens is 1. The molecule has 1 saturated heterocycles. The van der Waals surface area contributed by atoms with Gasteiger partial charge in [0.15, 0.2) is 0 Å². The van der Waals surface area contributed by atoms with Crippen molar-refractivity contribution < 1.29 is 19.5 Å². The van der Waals surface area contributed by atoms with Gasteiger partial charge in [-0.05, 0) is 12.1 Å². The van der Waals surface area contributed by atoms with Gasteiger partial charge >= 0.3 is 5.97 Å². The third kappa shape index (κ3) is 3.96. The number of carbonyl (C=O) groups is 3. The van der Waals surface area contributed by atoms with Gasteiger partial charge in [0.05, 0.1) is 6.54 Å². The van der Waals surface area contributed by atoms with Crippen molar-refractivity contribution in [1.29, 1.82) is 0 Å². The standard InChI is InChI=1S/C14H17N3O4.ClH/c15-7-12(18)17-8-10(6-11(17)14(20)21)16-13(19)9-4-2-1-3-5-9;/h1-5,10-11H,6-8,15H2,(H,16,19)(H,20,21);1H/t10?,11-;/m0./s1. The Morgan fingerprint density at radius 1 is 1.27 bits per heavy atom. The fourth-order valence-electron chi connectivity index (χ4n) is 2.43. The lowest BCUT2D eigenvalue weighted by atomic mass is 10.1. The molecule has 2 rings (SSSR count). The molecule has 8 heteroatoms. The molecule has 1 fully saturated rings. The first kappa shape index (κ1) is 17.9. The van der Waals surface area contributed by atoms with Crippen molar-refractivity contribution in [2.75, 3.05) is 13.1 Å². The molecular formula is C14H18ClN3O4. The zero-order valence-electron chi connectivity index (χ0n) is 11.8. The van der Waals surface area contributed by atoms with E-state index in [0.29, 0.717) is 5.56 Å². The second-order valence-corrected chi connectivity index (χ2v) is 4.88. The fourth-order valence-corrected chi connectivity index (χ4v) is 2.43. The Balaban J connectivity index is 0.00000242. The van der Waals surface area contributed by atoms with Gasteiger partial charge in [-0.2, -0.15) is 0 Å². The van der Waals surface area contributed by atoms with E-state index >= 15 is 0 Å². The third-order valence-electron chi connectivity index (χ3n) is 3.45. The summed E-state index contributed by atoms with van der Waals surface area (Å²) >= 11 is 0. The Morgan fingerprint density at radius 3 is 2.45 bits per heavy atom. The number of carboxylic acid groups (broad SMARTS) is 1. The summed E-state index contributed by atoms with van der Waals surface area (Å²) in [4.78, 5) is 36.1. The number of carboxylic acids is 1. The molecule has 0 aliphatic carbocycles. The van der Waals surface area contributed by atoms with Crippen LogP contribution in [-0.2, 0) is 9.59 Å². The number of likely N-dealkylation sites (tertiary alicyclic amines) is 1. The van der Waals surface area contributed by atoms with Crippen molar-refractivity contribution in [3.63, 3.8) is 0 Å². The maximum Gasteiger partial charge on any atom is 0.326 e. The number of aliphatic carboxylic acids is 1. The molecule has 120 valence electrons. The van der Waals surface area contributed by atoms with E-state index in [2.05, 4.69) is 5.32 Å². The number of benzene rings is 1. The van der Waals surface area contributed by atoms with Crippen LogP contribution in [0.3, 0.4) is 0 Å². The van der Waals surface area contributed by atoms with Crippen LogP contribution in [0.2, 0.25) is 0 Å². The minimum Gasteiger partial charge on any atom is -0.480 e. The molecule has 1 unspecified atom stereocenters. The van der Waals surface area contributed by atoms with Crippen molar-refractivity contribution in [2.24, 2.45) is 5.73 Å². The Bertz CT molecular complexity index is 552. The topological polar surface area (TPSA) is 113 Å². The van der Waals surface area contributed by atoms with Crippen LogP contribution in [-0.4, -0.2) is 53.0 Å². The monoisotopic (exact) mass is 327 g/mol. The number of hydrogen-bond acceptors (Lipinski definition) is 4. The molecule has 4 N–H and O–H groups in total. The second-order valence-electron chi connectivity index (χ2n) is 4.88. The highest BCUT2D eigenvalue weighted by Gasteiger charge is 2.39. The van der Waals surface area contributed by atoms with Gasteiger partial charge in [0.2, 0.25) is 5.91 Å². The summed E-state index contributed by atoms with van der Waals surface area (Å²) in [6.45, 7) is -0.0886. The third-order valence-corrected chi connectivity index (χ3v) is 3.45. The highest BCUT2D eigenvalue weighted by Crippen LogP contribution is 2.18. The van der Waals surface area contributed by atoms with Crippen LogP contribution < -0.4 is 11.1 Å². The van der Waals surface area contributed by atoms with Crippen LogP contribution in [0.1, 0.15) is 16.8 Å². The molecule has 1 aromatic carbocycles. The fraction of sp³-hybridized carbons (Fsp3) is 0.357. The Labute approximate surface area is 133 Å². The van der Waals surface area contributed by atoms with Gasteiger partial charge in [-0.3, -0.25) is 9.59 Å². The number of nitrogens with two attached hydrogens (primary N) is 1. The summed E-state index contributed by atoms with van der Waals surface area (Å²) in [5.74, 6) is -1.81. The van der Waals surface area contributed by atoms with E-state index in [9.17, 15) is 14.4 Å². The number of nitrogens with one attached hydrogen (secondary N) is 1. The van der Waals surface area contributed by atoms with Crippen molar-refractivity contribution >= 4 is 30.2 Å². The molecule has 22 heavy (non-hydrogen) atoms. The van der Waals surface area contributed by atoms with Crippen LogP contribution in [0.5, 0.6) is 0 Å². The summed E-state index contributed by atoms with van der Waals surface area (Å²) in [6.07, 6.45) is 0.180. The summed E-state index contributed by atoms with van der Waals surface area (Å²) in [7, 11) is 0. The first-order valence-corrected chi connectivity index (χ1v) is 6.61. The summed E-state index contributed by atoms with van der Waals surface area (Å²) in [5.41, 5.74) is 5.77. The lowest BCUT2D eigenvalue weighted by molar-refractivity contribution is -0.147. The minimum atomic E-state index is -1.09. The summed E-state index contributed by atoms with van der Waals surface area (Å²) in [5, 5.41) is 11.9. The number of nitrogens with zero attached hydrogens (tertiary/aromatic N) is 1. The zero-order valence-corrected chi connectivity index (χ0v) is 12.6. The second kappa shape index (κ2) is 7.77. The molecule has 0 saturated carbocycles. The molecule has 0 spiro atoms. The largest absolute Gasteiger partial charge is 0.480 e. The van der Waals surface area contributed by atoms with Gasteiger partial charge < -0.3 is 21.1 Å². The van der Waals surface area contributed by atoms with Crippen molar-refractivity contribution in [3.05, 3.63) is 35.9 Å². The lowest BCUT2D eigenvalue weighted by Crippen LogP contribution is -2.44. The normalized spacial score (nSPS) is 20.1. The van der Waals surface area contributed by atoms with Crippen LogP contribution in [0, 0.1) is 0 Å². The number of amides is 2. The van der Waals surface area contributed by atoms with E-state index in [1.807, 2.05) is 0 Å². The van der Waals surface area contributed by atoms with E-state index in [-0.39, 0.29) is 37.8 Å². The first-order valence-electron chi connectivity index (χ1n) is 6.61. The summed E-state index contributed by atoms with van der Waals surface area (Å²) < 4.78 is 0. The average Bonchev–Trinajstić information content (AvgIpc) is 2.91. The predicted molar refractivity (Wildman–Crippen MR) is 81.8 cm³/mol. The number of hydrogen-bond donors (Lipinski definition) is 3. The van der Waals surface area contributed by atoms with Gasteiger partial charge in [0, 0.05) is 24.6 Å². The molecule has 2 atom stereocenters. The molecule has 0 radical (unpaired) electrons. The molecule has 7 nitrogen and oxygen atoms in total. The highest BCUT2D eigenvalue weighted by molar-refractivity contribution is 5.94. The quantitative estimate of drug-likeness (QED) is 0.712. The maximum atomic E-state index is 12.0. The molecule has 2 amide bonds. The van der Waals surface area contributed by atoms with Crippen LogP contribution >= 0.6 is 12.4 Å². The van der Waals surface area contributed by atoms with E-state index in [1.54, 1.807) is 30.3 Å². The lowest BCUT2D eigenvalue weighted by Gasteiger charge is -2.20. The van der Waals surface area contributed by atoms with Crippen LogP contribution in [0.25, 0.3) is 0 Å². The van der Waals surface area contributed by atoms with E-state index < -0.39 is 24.0 Å². The molecule has 0 aromatic heterocycles. The van der Waals surface area contributed by atoms with Crippen molar-refractivity contribution in [3.8, 4) is 0 Å². The van der Waals surface area contributed by atoms with Gasteiger partial charge in [-0.25, -0.2) is 4.79 Å². The minimum absolute atomic E-state index is 0. The zero-order chi connectivity index (χ0) is 15.4.